The standard InChI is InChI=1S/C12H16N4O2S/c1-8-6-10(13)4-5-12(8)19(17,18)15-11-7-16(3)14-9(11)2/h4-7,15H,13H2,1-3H3. The number of anilines is 2. The van der Waals surface area contributed by atoms with E-state index in [1.807, 2.05) is 0 Å². The normalized spacial score (nSPS) is 11.5. The van der Waals surface area contributed by atoms with Gasteiger partial charge in [0.25, 0.3) is 10.0 Å². The molecule has 7 heteroatoms. The summed E-state index contributed by atoms with van der Waals surface area (Å²) in [5, 5.41) is 4.10. The Bertz CT molecular complexity index is 719. The smallest absolute Gasteiger partial charge is 0.262 e. The van der Waals surface area contributed by atoms with E-state index in [2.05, 4.69) is 9.82 Å². The monoisotopic (exact) mass is 280 g/mol. The van der Waals surface area contributed by atoms with Crippen molar-refractivity contribution in [2.24, 2.45) is 7.05 Å². The molecular weight excluding hydrogens is 264 g/mol. The number of hydrogen-bond donors (Lipinski definition) is 2. The van der Waals surface area contributed by atoms with Crippen molar-refractivity contribution in [1.82, 2.24) is 9.78 Å². The minimum atomic E-state index is -3.63. The van der Waals surface area contributed by atoms with Gasteiger partial charge < -0.3 is 5.73 Å². The van der Waals surface area contributed by atoms with E-state index in [-0.39, 0.29) is 4.90 Å². The molecule has 3 N–H and O–H groups in total. The van der Waals surface area contributed by atoms with Crippen LogP contribution in [0.3, 0.4) is 0 Å². The van der Waals surface area contributed by atoms with Gasteiger partial charge in [0.05, 0.1) is 16.3 Å². The number of nitrogens with two attached hydrogens (primary N) is 1. The van der Waals surface area contributed by atoms with Gasteiger partial charge in [-0.1, -0.05) is 0 Å². The molecule has 2 aromatic rings. The van der Waals surface area contributed by atoms with Gasteiger partial charge in [0.2, 0.25) is 0 Å². The Balaban J connectivity index is 2.40. The highest BCUT2D eigenvalue weighted by Gasteiger charge is 2.18. The molecule has 0 aliphatic heterocycles. The van der Waals surface area contributed by atoms with Crippen molar-refractivity contribution in [2.45, 2.75) is 18.7 Å². The Labute approximate surface area is 112 Å². The van der Waals surface area contributed by atoms with Crippen LogP contribution in [0.1, 0.15) is 11.3 Å². The van der Waals surface area contributed by atoms with Crippen molar-refractivity contribution in [3.63, 3.8) is 0 Å². The number of aryl methyl sites for hydroxylation is 3. The largest absolute Gasteiger partial charge is 0.399 e. The Kier molecular flexibility index (Phi) is 3.23. The molecule has 0 fully saturated rings. The van der Waals surface area contributed by atoms with Crippen molar-refractivity contribution < 1.29 is 8.42 Å². The molecule has 2 rings (SSSR count). The molecular formula is C12H16N4O2S. The van der Waals surface area contributed by atoms with Gasteiger partial charge >= 0.3 is 0 Å². The van der Waals surface area contributed by atoms with Crippen LogP contribution in [-0.4, -0.2) is 18.2 Å². The van der Waals surface area contributed by atoms with Crippen LogP contribution in [-0.2, 0) is 17.1 Å². The first-order valence-corrected chi connectivity index (χ1v) is 7.17. The Morgan fingerprint density at radius 1 is 1.32 bits per heavy atom. The van der Waals surface area contributed by atoms with E-state index in [1.54, 1.807) is 43.9 Å². The van der Waals surface area contributed by atoms with Crippen molar-refractivity contribution in [3.05, 3.63) is 35.7 Å². The molecule has 19 heavy (non-hydrogen) atoms. The number of hydrogen-bond acceptors (Lipinski definition) is 4. The summed E-state index contributed by atoms with van der Waals surface area (Å²) in [5.41, 5.74) is 7.86. The van der Waals surface area contributed by atoms with Crippen LogP contribution in [0.5, 0.6) is 0 Å². The summed E-state index contributed by atoms with van der Waals surface area (Å²) in [6, 6.07) is 4.70. The average Bonchev–Trinajstić information content (AvgIpc) is 2.55. The molecule has 0 radical (unpaired) electrons. The fraction of sp³-hybridized carbons (Fsp3) is 0.250. The van der Waals surface area contributed by atoms with Crippen LogP contribution in [0.2, 0.25) is 0 Å². The van der Waals surface area contributed by atoms with Gasteiger partial charge in [0, 0.05) is 18.9 Å². The van der Waals surface area contributed by atoms with Gasteiger partial charge in [-0.05, 0) is 37.6 Å². The predicted molar refractivity (Wildman–Crippen MR) is 74.3 cm³/mol. The highest BCUT2D eigenvalue weighted by atomic mass is 32.2. The van der Waals surface area contributed by atoms with Crippen molar-refractivity contribution >= 4 is 21.4 Å². The van der Waals surface area contributed by atoms with Gasteiger partial charge in [-0.15, -0.1) is 0 Å². The van der Waals surface area contributed by atoms with E-state index in [9.17, 15) is 8.42 Å². The number of nitrogen functional groups attached to an aromatic ring is 1. The highest BCUT2D eigenvalue weighted by molar-refractivity contribution is 7.92. The first-order chi connectivity index (χ1) is 8.79. The fourth-order valence-corrected chi connectivity index (χ4v) is 3.20. The van der Waals surface area contributed by atoms with Crippen molar-refractivity contribution in [1.29, 1.82) is 0 Å². The molecule has 0 aliphatic carbocycles. The molecule has 0 saturated heterocycles. The molecule has 0 aliphatic rings. The Hall–Kier alpha value is -2.02. The molecule has 0 saturated carbocycles. The molecule has 1 aromatic carbocycles. The molecule has 0 spiro atoms. The van der Waals surface area contributed by atoms with E-state index >= 15 is 0 Å². The molecule has 102 valence electrons. The second kappa shape index (κ2) is 4.58. The van der Waals surface area contributed by atoms with E-state index in [1.165, 1.54) is 6.07 Å². The van der Waals surface area contributed by atoms with Crippen molar-refractivity contribution in [2.75, 3.05) is 10.5 Å². The number of benzene rings is 1. The topological polar surface area (TPSA) is 90.0 Å². The molecule has 1 aromatic heterocycles. The molecule has 0 bridgehead atoms. The lowest BCUT2D eigenvalue weighted by molar-refractivity contribution is 0.600. The quantitative estimate of drug-likeness (QED) is 0.832. The van der Waals surface area contributed by atoms with Crippen molar-refractivity contribution in [3.8, 4) is 0 Å². The second-order valence-electron chi connectivity index (χ2n) is 4.43. The Morgan fingerprint density at radius 2 is 2.00 bits per heavy atom. The van der Waals surface area contributed by atoms with Gasteiger partial charge in [0.1, 0.15) is 0 Å². The molecule has 6 nitrogen and oxygen atoms in total. The zero-order chi connectivity index (χ0) is 14.2. The maximum atomic E-state index is 12.3. The highest BCUT2D eigenvalue weighted by Crippen LogP contribution is 2.22. The summed E-state index contributed by atoms with van der Waals surface area (Å²) in [7, 11) is -1.89. The van der Waals surface area contributed by atoms with Crippen LogP contribution < -0.4 is 10.5 Å². The van der Waals surface area contributed by atoms with E-state index < -0.39 is 10.0 Å². The zero-order valence-electron chi connectivity index (χ0n) is 11.0. The van der Waals surface area contributed by atoms with Crippen LogP contribution >= 0.6 is 0 Å². The first kappa shape index (κ1) is 13.4. The fourth-order valence-electron chi connectivity index (χ4n) is 1.87. The van der Waals surface area contributed by atoms with Gasteiger partial charge in [-0.2, -0.15) is 5.10 Å². The summed E-state index contributed by atoms with van der Waals surface area (Å²) in [6.45, 7) is 3.45. The second-order valence-corrected chi connectivity index (χ2v) is 6.08. The molecule has 1 heterocycles. The Morgan fingerprint density at radius 3 is 2.53 bits per heavy atom. The first-order valence-electron chi connectivity index (χ1n) is 5.69. The number of aromatic nitrogens is 2. The van der Waals surface area contributed by atoms with Crippen LogP contribution in [0.4, 0.5) is 11.4 Å². The lowest BCUT2D eigenvalue weighted by atomic mass is 10.2. The minimum Gasteiger partial charge on any atom is -0.399 e. The summed E-state index contributed by atoms with van der Waals surface area (Å²) < 4.78 is 28.7. The summed E-state index contributed by atoms with van der Waals surface area (Å²) in [5.74, 6) is 0. The van der Waals surface area contributed by atoms with Crippen LogP contribution in [0.25, 0.3) is 0 Å². The average molecular weight is 280 g/mol. The van der Waals surface area contributed by atoms with E-state index in [0.717, 1.165) is 0 Å². The molecule has 0 unspecified atom stereocenters. The number of nitrogens with one attached hydrogen (secondary N) is 1. The number of sulfonamides is 1. The molecule has 0 amide bonds. The van der Waals surface area contributed by atoms with E-state index in [4.69, 9.17) is 5.73 Å². The lowest BCUT2D eigenvalue weighted by Crippen LogP contribution is -2.14. The van der Waals surface area contributed by atoms with Gasteiger partial charge in [-0.25, -0.2) is 8.42 Å². The number of rotatable bonds is 3. The SMILES string of the molecule is Cc1cc(N)ccc1S(=O)(=O)Nc1cn(C)nc1C. The summed E-state index contributed by atoms with van der Waals surface area (Å²) in [4.78, 5) is 0.213. The maximum Gasteiger partial charge on any atom is 0.262 e. The third-order valence-electron chi connectivity index (χ3n) is 2.75. The van der Waals surface area contributed by atoms with Crippen LogP contribution in [0.15, 0.2) is 29.3 Å². The van der Waals surface area contributed by atoms with Crippen LogP contribution in [0, 0.1) is 13.8 Å². The number of nitrogens with zero attached hydrogens (tertiary/aromatic N) is 2. The third-order valence-corrected chi connectivity index (χ3v) is 4.27. The molecule has 0 atom stereocenters. The maximum absolute atomic E-state index is 12.3. The summed E-state index contributed by atoms with van der Waals surface area (Å²) in [6.07, 6.45) is 1.62. The third kappa shape index (κ3) is 2.70. The van der Waals surface area contributed by atoms with Gasteiger partial charge in [0.15, 0.2) is 0 Å². The lowest BCUT2D eigenvalue weighted by Gasteiger charge is -2.09. The predicted octanol–water partition coefficient (Wildman–Crippen LogP) is 1.42. The zero-order valence-corrected chi connectivity index (χ0v) is 11.8. The van der Waals surface area contributed by atoms with E-state index in [0.29, 0.717) is 22.6 Å². The summed E-state index contributed by atoms with van der Waals surface area (Å²) >= 11 is 0. The van der Waals surface area contributed by atoms with Gasteiger partial charge in [-0.3, -0.25) is 9.40 Å². The minimum absolute atomic E-state index is 0.213.